The van der Waals surface area contributed by atoms with Crippen LogP contribution in [-0.2, 0) is 16.1 Å². The van der Waals surface area contributed by atoms with Gasteiger partial charge in [0.05, 0.1) is 13.2 Å². The summed E-state index contributed by atoms with van der Waals surface area (Å²) in [7, 11) is 0. The molecule has 1 amide bonds. The smallest absolute Gasteiger partial charge is 0.247 e. The van der Waals surface area contributed by atoms with Crippen molar-refractivity contribution in [2.75, 3.05) is 32.8 Å². The number of hydrogen-bond donors (Lipinski definition) is 0. The first-order valence-electron chi connectivity index (χ1n) is 9.60. The van der Waals surface area contributed by atoms with Gasteiger partial charge in [0.25, 0.3) is 0 Å². The van der Waals surface area contributed by atoms with E-state index in [9.17, 15) is 4.79 Å². The number of nitrogens with zero attached hydrogens (tertiary/aromatic N) is 2. The van der Waals surface area contributed by atoms with Gasteiger partial charge in [-0.05, 0) is 24.1 Å². The molecule has 27 heavy (non-hydrogen) atoms. The van der Waals surface area contributed by atoms with E-state index < -0.39 is 0 Å². The topological polar surface area (TPSA) is 32.8 Å². The summed E-state index contributed by atoms with van der Waals surface area (Å²) in [6.45, 7) is 7.01. The van der Waals surface area contributed by atoms with Gasteiger partial charge in [-0.15, -0.1) is 0 Å². The lowest BCUT2D eigenvalue weighted by Crippen LogP contribution is -2.47. The fourth-order valence-electron chi connectivity index (χ4n) is 3.31. The number of hydrogen-bond acceptors (Lipinski definition) is 3. The zero-order chi connectivity index (χ0) is 18.9. The summed E-state index contributed by atoms with van der Waals surface area (Å²) in [5.74, 6) is 0.0449. The zero-order valence-electron chi connectivity index (χ0n) is 16.0. The van der Waals surface area contributed by atoms with Gasteiger partial charge in [0, 0.05) is 38.3 Å². The number of carbonyl (C=O) groups excluding carboxylic acids is 1. The van der Waals surface area contributed by atoms with Crippen molar-refractivity contribution < 1.29 is 9.53 Å². The molecule has 2 aromatic carbocycles. The molecule has 1 atom stereocenters. The lowest BCUT2D eigenvalue weighted by Gasteiger charge is -2.34. The average Bonchev–Trinajstić information content (AvgIpc) is 2.72. The van der Waals surface area contributed by atoms with Crippen molar-refractivity contribution >= 4 is 12.0 Å². The Morgan fingerprint density at radius 1 is 1.07 bits per heavy atom. The van der Waals surface area contributed by atoms with Gasteiger partial charge in [-0.3, -0.25) is 9.69 Å². The number of carbonyl (C=O) groups is 1. The molecule has 1 heterocycles. The molecular weight excluding hydrogens is 336 g/mol. The molecule has 142 valence electrons. The van der Waals surface area contributed by atoms with Crippen molar-refractivity contribution in [3.8, 4) is 0 Å². The van der Waals surface area contributed by atoms with Crippen LogP contribution in [0.4, 0.5) is 0 Å². The van der Waals surface area contributed by atoms with Crippen molar-refractivity contribution in [3.63, 3.8) is 0 Å². The van der Waals surface area contributed by atoms with E-state index in [1.807, 2.05) is 59.5 Å². The molecule has 0 N–H and O–H groups in total. The van der Waals surface area contributed by atoms with Gasteiger partial charge in [0.1, 0.15) is 0 Å². The molecule has 0 bridgehead atoms. The van der Waals surface area contributed by atoms with Crippen LogP contribution in [-0.4, -0.2) is 54.6 Å². The predicted molar refractivity (Wildman–Crippen MR) is 109 cm³/mol. The Bertz CT molecular complexity index is 725. The van der Waals surface area contributed by atoms with Crippen LogP contribution < -0.4 is 0 Å². The largest absolute Gasteiger partial charge is 0.379 e. The maximum absolute atomic E-state index is 13.0. The van der Waals surface area contributed by atoms with Crippen molar-refractivity contribution in [1.82, 2.24) is 9.80 Å². The zero-order valence-corrected chi connectivity index (χ0v) is 16.0. The average molecular weight is 364 g/mol. The molecule has 0 radical (unpaired) electrons. The van der Waals surface area contributed by atoms with Gasteiger partial charge in [0.2, 0.25) is 5.91 Å². The molecule has 0 saturated carbocycles. The summed E-state index contributed by atoms with van der Waals surface area (Å²) in [6, 6.07) is 20.2. The molecule has 4 nitrogen and oxygen atoms in total. The number of amides is 1. The molecule has 4 heteroatoms. The van der Waals surface area contributed by atoms with E-state index in [-0.39, 0.29) is 11.9 Å². The highest BCUT2D eigenvalue weighted by Gasteiger charge is 2.22. The standard InChI is InChI=1S/C23H28N2O2/c1-20(18-24-14-16-27-17-15-24)25(19-22-10-6-3-7-11-22)23(26)13-12-21-8-4-2-5-9-21/h2-13,20H,14-19H2,1H3/b13-12+. The van der Waals surface area contributed by atoms with Gasteiger partial charge in [0.15, 0.2) is 0 Å². The second kappa shape index (κ2) is 10.0. The molecule has 2 aromatic rings. The van der Waals surface area contributed by atoms with Gasteiger partial charge in [-0.25, -0.2) is 0 Å². The number of benzene rings is 2. The quantitative estimate of drug-likeness (QED) is 0.706. The Morgan fingerprint density at radius 3 is 2.37 bits per heavy atom. The maximum Gasteiger partial charge on any atom is 0.247 e. The fourth-order valence-corrected chi connectivity index (χ4v) is 3.31. The van der Waals surface area contributed by atoms with Crippen LogP contribution in [0.15, 0.2) is 66.7 Å². The third-order valence-corrected chi connectivity index (χ3v) is 4.85. The molecule has 0 spiro atoms. The molecule has 1 aliphatic rings. The highest BCUT2D eigenvalue weighted by Crippen LogP contribution is 2.13. The molecule has 0 aromatic heterocycles. The predicted octanol–water partition coefficient (Wildman–Crippen LogP) is 3.45. The summed E-state index contributed by atoms with van der Waals surface area (Å²) >= 11 is 0. The first kappa shape index (κ1) is 19.3. The number of morpholine rings is 1. The van der Waals surface area contributed by atoms with Crippen LogP contribution in [0.2, 0.25) is 0 Å². The van der Waals surface area contributed by atoms with Gasteiger partial charge >= 0.3 is 0 Å². The number of ether oxygens (including phenoxy) is 1. The van der Waals surface area contributed by atoms with E-state index in [2.05, 4.69) is 24.0 Å². The van der Waals surface area contributed by atoms with E-state index in [1.54, 1.807) is 6.08 Å². The third kappa shape index (κ3) is 6.05. The Hall–Kier alpha value is -2.43. The Labute approximate surface area is 162 Å². The molecule has 1 aliphatic heterocycles. The summed E-state index contributed by atoms with van der Waals surface area (Å²) in [5, 5.41) is 0. The minimum Gasteiger partial charge on any atom is -0.379 e. The molecule has 1 fully saturated rings. The van der Waals surface area contributed by atoms with Crippen LogP contribution >= 0.6 is 0 Å². The monoisotopic (exact) mass is 364 g/mol. The molecule has 0 aliphatic carbocycles. The summed E-state index contributed by atoms with van der Waals surface area (Å²) < 4.78 is 5.44. The van der Waals surface area contributed by atoms with Gasteiger partial charge in [-0.2, -0.15) is 0 Å². The maximum atomic E-state index is 13.0. The minimum atomic E-state index is 0.0449. The van der Waals surface area contributed by atoms with Crippen molar-refractivity contribution in [1.29, 1.82) is 0 Å². The van der Waals surface area contributed by atoms with E-state index in [1.165, 1.54) is 0 Å². The van der Waals surface area contributed by atoms with Gasteiger partial charge in [-0.1, -0.05) is 60.7 Å². The number of rotatable bonds is 7. The Morgan fingerprint density at radius 2 is 1.70 bits per heavy atom. The van der Waals surface area contributed by atoms with Crippen molar-refractivity contribution in [2.24, 2.45) is 0 Å². The van der Waals surface area contributed by atoms with E-state index in [0.717, 1.165) is 44.0 Å². The SMILES string of the molecule is CC(CN1CCOCC1)N(Cc1ccccc1)C(=O)/C=C/c1ccccc1. The van der Waals surface area contributed by atoms with Crippen LogP contribution in [0.3, 0.4) is 0 Å². The van der Waals surface area contributed by atoms with Crippen LogP contribution in [0.1, 0.15) is 18.1 Å². The van der Waals surface area contributed by atoms with Crippen LogP contribution in [0.5, 0.6) is 0 Å². The summed E-state index contributed by atoms with van der Waals surface area (Å²) in [4.78, 5) is 17.3. The third-order valence-electron chi connectivity index (χ3n) is 4.85. The highest BCUT2D eigenvalue weighted by molar-refractivity contribution is 5.92. The summed E-state index contributed by atoms with van der Waals surface area (Å²) in [5.41, 5.74) is 2.18. The van der Waals surface area contributed by atoms with E-state index in [4.69, 9.17) is 4.74 Å². The normalized spacial score (nSPS) is 16.3. The molecular formula is C23H28N2O2. The van der Waals surface area contributed by atoms with Gasteiger partial charge < -0.3 is 9.64 Å². The fraction of sp³-hybridized carbons (Fsp3) is 0.348. The van der Waals surface area contributed by atoms with E-state index in [0.29, 0.717) is 6.54 Å². The minimum absolute atomic E-state index is 0.0449. The highest BCUT2D eigenvalue weighted by atomic mass is 16.5. The summed E-state index contributed by atoms with van der Waals surface area (Å²) in [6.07, 6.45) is 3.58. The first-order valence-corrected chi connectivity index (χ1v) is 9.60. The second-order valence-corrected chi connectivity index (χ2v) is 6.96. The Balaban J connectivity index is 1.71. The second-order valence-electron chi connectivity index (χ2n) is 6.96. The molecule has 1 saturated heterocycles. The Kier molecular flexibility index (Phi) is 7.19. The molecule has 3 rings (SSSR count). The molecule has 1 unspecified atom stereocenters. The van der Waals surface area contributed by atoms with E-state index >= 15 is 0 Å². The lowest BCUT2D eigenvalue weighted by atomic mass is 10.1. The van der Waals surface area contributed by atoms with Crippen molar-refractivity contribution in [2.45, 2.75) is 19.5 Å². The van der Waals surface area contributed by atoms with Crippen molar-refractivity contribution in [3.05, 3.63) is 77.9 Å². The van der Waals surface area contributed by atoms with Crippen LogP contribution in [0.25, 0.3) is 6.08 Å². The van der Waals surface area contributed by atoms with Crippen LogP contribution in [0, 0.1) is 0 Å². The lowest BCUT2D eigenvalue weighted by molar-refractivity contribution is -0.129. The first-order chi connectivity index (χ1) is 13.2.